The van der Waals surface area contributed by atoms with Gasteiger partial charge in [0.25, 0.3) is 0 Å². The predicted octanol–water partition coefficient (Wildman–Crippen LogP) is 5.07. The van der Waals surface area contributed by atoms with E-state index in [1.54, 1.807) is 33.5 Å². The van der Waals surface area contributed by atoms with Crippen LogP contribution in [0.25, 0.3) is 0 Å². The molecule has 152 valence electrons. The van der Waals surface area contributed by atoms with Crippen molar-refractivity contribution in [3.8, 4) is 17.2 Å². The number of methoxy groups -OCH3 is 3. The summed E-state index contributed by atoms with van der Waals surface area (Å²) in [4.78, 5) is 11.5. The van der Waals surface area contributed by atoms with Crippen LogP contribution in [0.1, 0.15) is 49.0 Å². The number of aldehydes is 1. The lowest BCUT2D eigenvalue weighted by Gasteiger charge is -2.35. The minimum atomic E-state index is -0.408. The second kappa shape index (κ2) is 9.88. The highest BCUT2D eigenvalue weighted by atomic mass is 31.1. The molecule has 2 rings (SSSR count). The molecule has 0 fully saturated rings. The number of benzene rings is 2. The van der Waals surface area contributed by atoms with Crippen LogP contribution in [-0.4, -0.2) is 27.6 Å². The van der Waals surface area contributed by atoms with Gasteiger partial charge in [0.1, 0.15) is 11.6 Å². The van der Waals surface area contributed by atoms with Gasteiger partial charge in [-0.25, -0.2) is 4.39 Å². The van der Waals surface area contributed by atoms with E-state index in [-0.39, 0.29) is 13.7 Å². The smallest absolute Gasteiger partial charge is 0.165 e. The molecule has 0 bridgehead atoms. The van der Waals surface area contributed by atoms with Gasteiger partial charge in [-0.1, -0.05) is 34.9 Å². The van der Waals surface area contributed by atoms with E-state index >= 15 is 0 Å². The molecule has 0 saturated carbocycles. The van der Waals surface area contributed by atoms with Crippen molar-refractivity contribution in [3.05, 3.63) is 47.3 Å². The minimum Gasteiger partial charge on any atom is -0.497 e. The molecule has 0 amide bonds. The van der Waals surface area contributed by atoms with Gasteiger partial charge in [0.05, 0.1) is 21.3 Å². The Morgan fingerprint density at radius 3 is 2.36 bits per heavy atom. The fourth-order valence-electron chi connectivity index (χ4n) is 3.56. The van der Waals surface area contributed by atoms with Crippen molar-refractivity contribution < 1.29 is 23.4 Å². The Labute approximate surface area is 168 Å². The Morgan fingerprint density at radius 2 is 1.82 bits per heavy atom. The van der Waals surface area contributed by atoms with Gasteiger partial charge in [-0.3, -0.25) is 4.79 Å². The fourth-order valence-corrected chi connectivity index (χ4v) is 5.39. The lowest BCUT2D eigenvalue weighted by molar-refractivity contribution is 0.112. The van der Waals surface area contributed by atoms with Crippen LogP contribution in [0.3, 0.4) is 0 Å². The summed E-state index contributed by atoms with van der Waals surface area (Å²) in [5, 5.41) is 0.549. The average molecular weight is 406 g/mol. The summed E-state index contributed by atoms with van der Waals surface area (Å²) in [6.45, 7) is 4.25. The number of carbonyl (C=O) groups is 1. The quantitative estimate of drug-likeness (QED) is 0.408. The van der Waals surface area contributed by atoms with Gasteiger partial charge in [-0.05, 0) is 36.3 Å². The van der Waals surface area contributed by atoms with Crippen molar-refractivity contribution in [2.24, 2.45) is 0 Å². The minimum absolute atomic E-state index is 0.258. The van der Waals surface area contributed by atoms with Crippen LogP contribution >= 0.6 is 8.58 Å². The van der Waals surface area contributed by atoms with Crippen LogP contribution in [0.2, 0.25) is 0 Å². The lowest BCUT2D eigenvalue weighted by Crippen LogP contribution is -2.25. The second-order valence-electron chi connectivity index (χ2n) is 6.57. The molecule has 0 heterocycles. The summed E-state index contributed by atoms with van der Waals surface area (Å²) in [7, 11) is 5.10. The number of hydrogen-bond acceptors (Lipinski definition) is 4. The number of rotatable bonds is 10. The highest BCUT2D eigenvalue weighted by Crippen LogP contribution is 2.54. The summed E-state index contributed by atoms with van der Waals surface area (Å²) in [6.07, 6.45) is 3.37. The average Bonchev–Trinajstić information content (AvgIpc) is 2.73. The molecule has 0 radical (unpaired) electrons. The van der Waals surface area contributed by atoms with E-state index in [9.17, 15) is 9.18 Å². The van der Waals surface area contributed by atoms with E-state index in [4.69, 9.17) is 14.2 Å². The number of ether oxygens (including phenoxy) is 3. The van der Waals surface area contributed by atoms with E-state index in [1.165, 1.54) is 12.1 Å². The molecular formula is C22H28FO4P. The van der Waals surface area contributed by atoms with Crippen molar-refractivity contribution in [3.63, 3.8) is 0 Å². The first-order valence-electron chi connectivity index (χ1n) is 9.31. The highest BCUT2D eigenvalue weighted by molar-refractivity contribution is 7.48. The third kappa shape index (κ3) is 4.47. The van der Waals surface area contributed by atoms with Gasteiger partial charge >= 0.3 is 0 Å². The van der Waals surface area contributed by atoms with Gasteiger partial charge < -0.3 is 14.2 Å². The molecule has 2 aromatic carbocycles. The third-order valence-corrected chi connectivity index (χ3v) is 7.07. The lowest BCUT2D eigenvalue weighted by atomic mass is 9.89. The zero-order chi connectivity index (χ0) is 20.7. The Hall–Kier alpha value is -2.13. The summed E-state index contributed by atoms with van der Waals surface area (Å²) < 4.78 is 30.4. The molecule has 0 aliphatic carbocycles. The van der Waals surface area contributed by atoms with Crippen LogP contribution in [0, 0.1) is 5.82 Å². The Balaban J connectivity index is 2.71. The van der Waals surface area contributed by atoms with Gasteiger partial charge in [0.2, 0.25) is 0 Å². The molecule has 28 heavy (non-hydrogen) atoms. The fraction of sp³-hybridized carbons (Fsp3) is 0.409. The Morgan fingerprint density at radius 1 is 1.07 bits per heavy atom. The summed E-state index contributed by atoms with van der Waals surface area (Å²) in [5.41, 5.74) is 1.37. The standard InChI is InChI=1S/C22H28FO4P/c1-6-10-22(7-2,28-20-9-8-16(23)11-15(20)14-24)18-12-17(25-3)13-19(26-4)21(18)27-5/h8-9,11-14,28H,6-7,10H2,1-5H3. The molecule has 0 spiro atoms. The van der Waals surface area contributed by atoms with Crippen molar-refractivity contribution >= 4 is 20.2 Å². The van der Waals surface area contributed by atoms with Crippen molar-refractivity contribution in [2.45, 2.75) is 38.3 Å². The maximum Gasteiger partial charge on any atom is 0.165 e. The Bertz CT molecular complexity index is 824. The van der Waals surface area contributed by atoms with Crippen LogP contribution in [0.4, 0.5) is 4.39 Å². The number of halogens is 1. The molecule has 2 unspecified atom stereocenters. The van der Waals surface area contributed by atoms with Crippen LogP contribution in [0.15, 0.2) is 30.3 Å². The molecule has 4 nitrogen and oxygen atoms in total. The third-order valence-electron chi connectivity index (χ3n) is 5.00. The zero-order valence-electron chi connectivity index (χ0n) is 17.1. The monoisotopic (exact) mass is 406 g/mol. The Kier molecular flexibility index (Phi) is 7.82. The summed E-state index contributed by atoms with van der Waals surface area (Å²) >= 11 is 0. The van der Waals surface area contributed by atoms with Gasteiger partial charge in [-0.15, -0.1) is 0 Å². The van der Waals surface area contributed by atoms with Crippen molar-refractivity contribution in [1.82, 2.24) is 0 Å². The number of carbonyl (C=O) groups excluding carboxylic acids is 1. The van der Waals surface area contributed by atoms with Crippen molar-refractivity contribution in [2.75, 3.05) is 21.3 Å². The molecule has 0 N–H and O–H groups in total. The molecular weight excluding hydrogens is 378 g/mol. The second-order valence-corrected chi connectivity index (χ2v) is 8.32. The molecule has 0 saturated heterocycles. The normalized spacial score (nSPS) is 13.4. The molecule has 0 aliphatic rings. The summed E-state index contributed by atoms with van der Waals surface area (Å²) in [5.74, 6) is 1.54. The molecule has 2 aromatic rings. The SMILES string of the molecule is CCCC(CC)(Pc1ccc(F)cc1C=O)c1cc(OC)cc(OC)c1OC. The van der Waals surface area contributed by atoms with E-state index in [0.29, 0.717) is 22.8 Å². The first-order valence-corrected chi connectivity index (χ1v) is 10.3. The van der Waals surface area contributed by atoms with Crippen LogP contribution in [0.5, 0.6) is 17.2 Å². The maximum atomic E-state index is 13.6. The largest absolute Gasteiger partial charge is 0.497 e. The zero-order valence-corrected chi connectivity index (χ0v) is 18.1. The van der Waals surface area contributed by atoms with Crippen molar-refractivity contribution in [1.29, 1.82) is 0 Å². The molecule has 0 aromatic heterocycles. The summed E-state index contributed by atoms with van der Waals surface area (Å²) in [6, 6.07) is 8.20. The van der Waals surface area contributed by atoms with E-state index < -0.39 is 5.82 Å². The van der Waals surface area contributed by atoms with E-state index in [2.05, 4.69) is 13.8 Å². The molecule has 6 heteroatoms. The van der Waals surface area contributed by atoms with Crippen LogP contribution in [-0.2, 0) is 5.16 Å². The van der Waals surface area contributed by atoms with E-state index in [1.807, 2.05) is 6.07 Å². The van der Waals surface area contributed by atoms with Gasteiger partial charge in [-0.2, -0.15) is 0 Å². The topological polar surface area (TPSA) is 44.8 Å². The van der Waals surface area contributed by atoms with Crippen LogP contribution < -0.4 is 19.5 Å². The van der Waals surface area contributed by atoms with Gasteiger partial charge in [0.15, 0.2) is 17.8 Å². The first-order chi connectivity index (χ1) is 13.5. The number of hydrogen-bond donors (Lipinski definition) is 0. The highest BCUT2D eigenvalue weighted by Gasteiger charge is 2.35. The predicted molar refractivity (Wildman–Crippen MR) is 113 cm³/mol. The molecule has 2 atom stereocenters. The molecule has 0 aliphatic heterocycles. The maximum absolute atomic E-state index is 13.6. The van der Waals surface area contributed by atoms with E-state index in [0.717, 1.165) is 36.4 Å². The first kappa shape index (κ1) is 22.2. The van der Waals surface area contributed by atoms with Gasteiger partial charge in [0, 0.05) is 22.3 Å².